The zero-order chi connectivity index (χ0) is 14.9. The molecule has 0 spiro atoms. The highest BCUT2D eigenvalue weighted by Crippen LogP contribution is 2.38. The van der Waals surface area contributed by atoms with Crippen LogP contribution in [0, 0.1) is 9.49 Å². The molecule has 1 aromatic carbocycles. The second-order valence-corrected chi connectivity index (χ2v) is 7.07. The van der Waals surface area contributed by atoms with Crippen molar-refractivity contribution in [2.24, 2.45) is 11.7 Å². The van der Waals surface area contributed by atoms with Gasteiger partial charge in [-0.2, -0.15) is 4.98 Å². The minimum absolute atomic E-state index is 0.423. The molecule has 1 aliphatic carbocycles. The molecule has 1 saturated carbocycles. The SMILES string of the molecule is CCC1CCC(N)(c2noc(-c3ccccc3I)n2)CC1. The van der Waals surface area contributed by atoms with Gasteiger partial charge in [-0.15, -0.1) is 0 Å². The minimum Gasteiger partial charge on any atom is -0.334 e. The monoisotopic (exact) mass is 397 g/mol. The summed E-state index contributed by atoms with van der Waals surface area (Å²) in [7, 11) is 0. The molecule has 1 heterocycles. The fraction of sp³-hybridized carbons (Fsp3) is 0.500. The lowest BCUT2D eigenvalue weighted by Crippen LogP contribution is -2.41. The fourth-order valence-electron chi connectivity index (χ4n) is 2.99. The molecule has 1 aromatic heterocycles. The summed E-state index contributed by atoms with van der Waals surface area (Å²) >= 11 is 2.28. The Balaban J connectivity index is 1.84. The molecule has 0 atom stereocenters. The van der Waals surface area contributed by atoms with Crippen LogP contribution in [-0.4, -0.2) is 10.1 Å². The van der Waals surface area contributed by atoms with Gasteiger partial charge in [0.1, 0.15) is 0 Å². The van der Waals surface area contributed by atoms with E-state index in [-0.39, 0.29) is 0 Å². The molecule has 0 amide bonds. The Morgan fingerprint density at radius 3 is 2.71 bits per heavy atom. The lowest BCUT2D eigenvalue weighted by atomic mass is 9.76. The lowest BCUT2D eigenvalue weighted by Gasteiger charge is -2.34. The molecule has 5 heteroatoms. The Bertz CT molecular complexity index is 617. The van der Waals surface area contributed by atoms with Crippen LogP contribution in [0.3, 0.4) is 0 Å². The van der Waals surface area contributed by atoms with E-state index in [0.29, 0.717) is 11.7 Å². The van der Waals surface area contributed by atoms with Gasteiger partial charge in [0.2, 0.25) is 0 Å². The van der Waals surface area contributed by atoms with Crippen molar-refractivity contribution in [3.05, 3.63) is 33.7 Å². The third-order valence-electron chi connectivity index (χ3n) is 4.55. The zero-order valence-electron chi connectivity index (χ0n) is 12.2. The van der Waals surface area contributed by atoms with Crippen molar-refractivity contribution >= 4 is 22.6 Å². The van der Waals surface area contributed by atoms with Crippen molar-refractivity contribution in [2.45, 2.75) is 44.6 Å². The van der Waals surface area contributed by atoms with E-state index in [1.807, 2.05) is 24.3 Å². The predicted molar refractivity (Wildman–Crippen MR) is 90.6 cm³/mol. The van der Waals surface area contributed by atoms with Crippen LogP contribution in [0.4, 0.5) is 0 Å². The molecule has 112 valence electrons. The van der Waals surface area contributed by atoms with Gasteiger partial charge >= 0.3 is 0 Å². The normalized spacial score (nSPS) is 26.0. The van der Waals surface area contributed by atoms with Gasteiger partial charge in [0.15, 0.2) is 5.82 Å². The van der Waals surface area contributed by atoms with E-state index in [1.54, 1.807) is 0 Å². The summed E-state index contributed by atoms with van der Waals surface area (Å²) in [5.74, 6) is 2.02. The first-order valence-electron chi connectivity index (χ1n) is 7.50. The average molecular weight is 397 g/mol. The second-order valence-electron chi connectivity index (χ2n) is 5.91. The maximum atomic E-state index is 6.54. The van der Waals surface area contributed by atoms with Crippen LogP contribution in [-0.2, 0) is 5.54 Å². The third kappa shape index (κ3) is 2.99. The number of benzene rings is 1. The highest BCUT2D eigenvalue weighted by molar-refractivity contribution is 14.1. The van der Waals surface area contributed by atoms with E-state index >= 15 is 0 Å². The zero-order valence-corrected chi connectivity index (χ0v) is 14.3. The van der Waals surface area contributed by atoms with Crippen molar-refractivity contribution in [1.82, 2.24) is 10.1 Å². The summed E-state index contributed by atoms with van der Waals surface area (Å²) in [5, 5.41) is 4.17. The van der Waals surface area contributed by atoms with Crippen LogP contribution in [0.15, 0.2) is 28.8 Å². The van der Waals surface area contributed by atoms with Crippen LogP contribution >= 0.6 is 22.6 Å². The summed E-state index contributed by atoms with van der Waals surface area (Å²) in [6.07, 6.45) is 5.42. The fourth-order valence-corrected chi connectivity index (χ4v) is 3.61. The van der Waals surface area contributed by atoms with Crippen LogP contribution in [0.25, 0.3) is 11.5 Å². The van der Waals surface area contributed by atoms with E-state index in [0.717, 1.165) is 40.7 Å². The highest BCUT2D eigenvalue weighted by atomic mass is 127. The summed E-state index contributed by atoms with van der Waals surface area (Å²) in [5.41, 5.74) is 7.09. The van der Waals surface area contributed by atoms with Crippen molar-refractivity contribution < 1.29 is 4.52 Å². The molecule has 4 nitrogen and oxygen atoms in total. The summed E-state index contributed by atoms with van der Waals surface area (Å²) in [6.45, 7) is 2.25. The first-order valence-corrected chi connectivity index (χ1v) is 8.58. The van der Waals surface area contributed by atoms with Crippen molar-refractivity contribution in [3.63, 3.8) is 0 Å². The largest absolute Gasteiger partial charge is 0.334 e. The summed E-state index contributed by atoms with van der Waals surface area (Å²) in [4.78, 5) is 4.58. The van der Waals surface area contributed by atoms with Crippen LogP contribution in [0.2, 0.25) is 0 Å². The van der Waals surface area contributed by atoms with E-state index in [2.05, 4.69) is 39.7 Å². The number of nitrogens with zero attached hydrogens (tertiary/aromatic N) is 2. The van der Waals surface area contributed by atoms with Crippen molar-refractivity contribution in [3.8, 4) is 11.5 Å². The number of hydrogen-bond acceptors (Lipinski definition) is 4. The molecule has 1 aliphatic rings. The first kappa shape index (κ1) is 15.0. The van der Waals surface area contributed by atoms with Gasteiger partial charge in [-0.05, 0) is 66.3 Å². The molecule has 0 unspecified atom stereocenters. The molecule has 21 heavy (non-hydrogen) atoms. The Kier molecular flexibility index (Phi) is 4.31. The molecule has 3 rings (SSSR count). The molecule has 2 N–H and O–H groups in total. The molecule has 0 saturated heterocycles. The first-order chi connectivity index (χ1) is 10.1. The maximum Gasteiger partial charge on any atom is 0.259 e. The predicted octanol–water partition coefficient (Wildman–Crippen LogP) is 4.10. The lowest BCUT2D eigenvalue weighted by molar-refractivity contribution is 0.216. The van der Waals surface area contributed by atoms with E-state index in [9.17, 15) is 0 Å². The number of hydrogen-bond donors (Lipinski definition) is 1. The van der Waals surface area contributed by atoms with Crippen LogP contribution in [0.5, 0.6) is 0 Å². The standard InChI is InChI=1S/C16H20IN3O/c1-2-11-7-9-16(18,10-8-11)15-19-14(21-20-15)12-5-3-4-6-13(12)17/h3-6,11H,2,7-10,18H2,1H3. The smallest absolute Gasteiger partial charge is 0.259 e. The van der Waals surface area contributed by atoms with Crippen LogP contribution < -0.4 is 5.73 Å². The Labute approximate surface area is 138 Å². The number of nitrogens with two attached hydrogens (primary N) is 1. The van der Waals surface area contributed by atoms with E-state index in [4.69, 9.17) is 10.3 Å². The molecule has 0 aliphatic heterocycles. The summed E-state index contributed by atoms with van der Waals surface area (Å²) < 4.78 is 6.56. The quantitative estimate of drug-likeness (QED) is 0.793. The summed E-state index contributed by atoms with van der Waals surface area (Å²) in [6, 6.07) is 8.01. The van der Waals surface area contributed by atoms with Crippen molar-refractivity contribution in [1.29, 1.82) is 0 Å². The van der Waals surface area contributed by atoms with Crippen molar-refractivity contribution in [2.75, 3.05) is 0 Å². The Morgan fingerprint density at radius 1 is 1.33 bits per heavy atom. The van der Waals surface area contributed by atoms with Gasteiger partial charge in [0.25, 0.3) is 5.89 Å². The molecule has 2 aromatic rings. The van der Waals surface area contributed by atoms with Gasteiger partial charge < -0.3 is 10.3 Å². The van der Waals surface area contributed by atoms with Crippen LogP contribution in [0.1, 0.15) is 44.9 Å². The topological polar surface area (TPSA) is 64.9 Å². The van der Waals surface area contributed by atoms with Gasteiger partial charge in [-0.25, -0.2) is 0 Å². The maximum absolute atomic E-state index is 6.54. The number of halogens is 1. The average Bonchev–Trinajstić information content (AvgIpc) is 2.99. The third-order valence-corrected chi connectivity index (χ3v) is 5.49. The number of aromatic nitrogens is 2. The molecule has 0 radical (unpaired) electrons. The van der Waals surface area contributed by atoms with Gasteiger partial charge in [0, 0.05) is 3.57 Å². The minimum atomic E-state index is -0.423. The molecule has 0 bridgehead atoms. The second kappa shape index (κ2) is 6.04. The Hall–Kier alpha value is -0.950. The van der Waals surface area contributed by atoms with Gasteiger partial charge in [-0.3, -0.25) is 0 Å². The van der Waals surface area contributed by atoms with E-state index in [1.165, 1.54) is 6.42 Å². The van der Waals surface area contributed by atoms with E-state index < -0.39 is 5.54 Å². The highest BCUT2D eigenvalue weighted by Gasteiger charge is 2.37. The van der Waals surface area contributed by atoms with Gasteiger partial charge in [-0.1, -0.05) is 30.6 Å². The number of rotatable bonds is 3. The van der Waals surface area contributed by atoms with Gasteiger partial charge in [0.05, 0.1) is 11.1 Å². The molecular weight excluding hydrogens is 377 g/mol. The molecule has 1 fully saturated rings. The molecular formula is C16H20IN3O. The Morgan fingerprint density at radius 2 is 2.05 bits per heavy atom.